The van der Waals surface area contributed by atoms with Crippen molar-refractivity contribution in [3.63, 3.8) is 0 Å². The molecule has 0 saturated heterocycles. The van der Waals surface area contributed by atoms with Crippen molar-refractivity contribution in [3.8, 4) is 0 Å². The average molecular weight is 293 g/mol. The van der Waals surface area contributed by atoms with Gasteiger partial charge in [0.15, 0.2) is 0 Å². The first-order valence-electron chi connectivity index (χ1n) is 6.49. The molecule has 106 valence electrons. The molecule has 0 heterocycles. The lowest BCUT2D eigenvalue weighted by Gasteiger charge is -2.09. The van der Waals surface area contributed by atoms with Gasteiger partial charge in [0.25, 0.3) is 0 Å². The van der Waals surface area contributed by atoms with Crippen molar-refractivity contribution in [2.75, 3.05) is 11.9 Å². The maximum absolute atomic E-state index is 12.1. The molecule has 1 aromatic carbocycles. The van der Waals surface area contributed by atoms with Gasteiger partial charge < -0.3 is 10.6 Å². The summed E-state index contributed by atoms with van der Waals surface area (Å²) in [5.41, 5.74) is 1.52. The smallest absolute Gasteiger partial charge is 0.228 e. The minimum atomic E-state index is -0.252. The molecule has 4 nitrogen and oxygen atoms in total. The molecule has 2 unspecified atom stereocenters. The van der Waals surface area contributed by atoms with Crippen molar-refractivity contribution in [1.82, 2.24) is 5.32 Å². The Hall–Kier alpha value is -1.81. The molecule has 0 aliphatic heterocycles. The van der Waals surface area contributed by atoms with E-state index in [1.54, 1.807) is 24.3 Å². The van der Waals surface area contributed by atoms with Crippen LogP contribution in [0, 0.1) is 18.8 Å². The summed E-state index contributed by atoms with van der Waals surface area (Å²) in [6.07, 6.45) is 2.21. The summed E-state index contributed by atoms with van der Waals surface area (Å²) in [6, 6.07) is 5.36. The van der Waals surface area contributed by atoms with Gasteiger partial charge in [-0.15, -0.1) is 6.58 Å². The van der Waals surface area contributed by atoms with E-state index in [0.29, 0.717) is 23.7 Å². The van der Waals surface area contributed by atoms with E-state index >= 15 is 0 Å². The summed E-state index contributed by atoms with van der Waals surface area (Å²) in [5, 5.41) is 6.15. The summed E-state index contributed by atoms with van der Waals surface area (Å²) in [7, 11) is 0. The standard InChI is InChI=1S/C15H17ClN2O2/c1-3-7-17-14(19)10-8-11(10)15(20)18-13-6-4-5-12(16)9(13)2/h3-6,10-11H,1,7-8H2,2H3,(H,17,19)(H,18,20). The largest absolute Gasteiger partial charge is 0.352 e. The van der Waals surface area contributed by atoms with E-state index in [0.717, 1.165) is 5.56 Å². The van der Waals surface area contributed by atoms with E-state index in [2.05, 4.69) is 17.2 Å². The Kier molecular flexibility index (Phi) is 4.45. The van der Waals surface area contributed by atoms with Crippen LogP contribution >= 0.6 is 11.6 Å². The predicted molar refractivity (Wildman–Crippen MR) is 79.6 cm³/mol. The van der Waals surface area contributed by atoms with Crippen LogP contribution in [0.3, 0.4) is 0 Å². The molecule has 0 aromatic heterocycles. The number of nitrogens with one attached hydrogen (secondary N) is 2. The lowest BCUT2D eigenvalue weighted by Crippen LogP contribution is -2.27. The Morgan fingerprint density at radius 2 is 2.10 bits per heavy atom. The number of anilines is 1. The van der Waals surface area contributed by atoms with Crippen molar-refractivity contribution >= 4 is 29.1 Å². The number of halogens is 1. The molecule has 2 N–H and O–H groups in total. The molecule has 20 heavy (non-hydrogen) atoms. The highest BCUT2D eigenvalue weighted by atomic mass is 35.5. The third-order valence-corrected chi connectivity index (χ3v) is 3.82. The van der Waals surface area contributed by atoms with Gasteiger partial charge in [0.05, 0.1) is 11.8 Å². The molecule has 5 heteroatoms. The minimum absolute atomic E-state index is 0.0899. The number of hydrogen-bond acceptors (Lipinski definition) is 2. The molecule has 0 bridgehead atoms. The molecule has 0 radical (unpaired) electrons. The zero-order valence-electron chi connectivity index (χ0n) is 11.3. The lowest BCUT2D eigenvalue weighted by molar-refractivity contribution is -0.125. The van der Waals surface area contributed by atoms with Gasteiger partial charge >= 0.3 is 0 Å². The summed E-state index contributed by atoms with van der Waals surface area (Å²) in [4.78, 5) is 23.8. The van der Waals surface area contributed by atoms with E-state index in [-0.39, 0.29) is 23.7 Å². The fourth-order valence-corrected chi connectivity index (χ4v) is 2.22. The second-order valence-electron chi connectivity index (χ2n) is 4.88. The van der Waals surface area contributed by atoms with E-state index in [1.807, 2.05) is 6.92 Å². The van der Waals surface area contributed by atoms with Crippen LogP contribution in [0.25, 0.3) is 0 Å². The van der Waals surface area contributed by atoms with E-state index in [4.69, 9.17) is 11.6 Å². The van der Waals surface area contributed by atoms with Crippen molar-refractivity contribution in [2.45, 2.75) is 13.3 Å². The number of carbonyl (C=O) groups excluding carboxylic acids is 2. The summed E-state index contributed by atoms with van der Waals surface area (Å²) in [6.45, 7) is 5.81. The Labute approximate surface area is 123 Å². The van der Waals surface area contributed by atoms with E-state index in [9.17, 15) is 9.59 Å². The summed E-state index contributed by atoms with van der Waals surface area (Å²) >= 11 is 6.00. The van der Waals surface area contributed by atoms with Crippen molar-refractivity contribution < 1.29 is 9.59 Å². The average Bonchev–Trinajstić information content (AvgIpc) is 3.21. The quantitative estimate of drug-likeness (QED) is 0.819. The fourth-order valence-electron chi connectivity index (χ4n) is 2.05. The highest BCUT2D eigenvalue weighted by Gasteiger charge is 2.47. The molecule has 1 aromatic rings. The topological polar surface area (TPSA) is 58.2 Å². The number of amides is 2. The predicted octanol–water partition coefficient (Wildman–Crippen LogP) is 2.53. The highest BCUT2D eigenvalue weighted by molar-refractivity contribution is 6.31. The van der Waals surface area contributed by atoms with Gasteiger partial charge in [-0.05, 0) is 31.0 Å². The first-order chi connectivity index (χ1) is 9.54. The molecule has 1 saturated carbocycles. The fraction of sp³-hybridized carbons (Fsp3) is 0.333. The first kappa shape index (κ1) is 14.6. The molecule has 1 aliphatic carbocycles. The number of hydrogen-bond donors (Lipinski definition) is 2. The van der Waals surface area contributed by atoms with Gasteiger partial charge in [0, 0.05) is 17.3 Å². The molecule has 2 atom stereocenters. The Morgan fingerprint density at radius 3 is 2.80 bits per heavy atom. The molecular formula is C15H17ClN2O2. The van der Waals surface area contributed by atoms with Gasteiger partial charge in [-0.1, -0.05) is 23.7 Å². The Bertz CT molecular complexity index is 557. The van der Waals surface area contributed by atoms with Crippen LogP contribution in [-0.2, 0) is 9.59 Å². The Balaban J connectivity index is 1.93. The third kappa shape index (κ3) is 3.20. The van der Waals surface area contributed by atoms with Crippen LogP contribution in [0.2, 0.25) is 5.02 Å². The number of carbonyl (C=O) groups is 2. The van der Waals surface area contributed by atoms with Gasteiger partial charge in [-0.3, -0.25) is 9.59 Å². The zero-order valence-corrected chi connectivity index (χ0v) is 12.0. The molecule has 2 rings (SSSR count). The van der Waals surface area contributed by atoms with Crippen LogP contribution in [0.4, 0.5) is 5.69 Å². The molecular weight excluding hydrogens is 276 g/mol. The first-order valence-corrected chi connectivity index (χ1v) is 6.87. The zero-order chi connectivity index (χ0) is 14.7. The molecule has 0 spiro atoms. The molecule has 1 fully saturated rings. The van der Waals surface area contributed by atoms with Gasteiger partial charge in [-0.2, -0.15) is 0 Å². The van der Waals surface area contributed by atoms with Crippen LogP contribution in [0.1, 0.15) is 12.0 Å². The second kappa shape index (κ2) is 6.09. The molecule has 2 amide bonds. The summed E-state index contributed by atoms with van der Waals surface area (Å²) in [5.74, 6) is -0.699. The normalized spacial score (nSPS) is 20.1. The van der Waals surface area contributed by atoms with Crippen LogP contribution in [0.15, 0.2) is 30.9 Å². The molecule has 1 aliphatic rings. The van der Waals surface area contributed by atoms with Crippen molar-refractivity contribution in [3.05, 3.63) is 41.4 Å². The minimum Gasteiger partial charge on any atom is -0.352 e. The maximum Gasteiger partial charge on any atom is 0.228 e. The second-order valence-corrected chi connectivity index (χ2v) is 5.29. The summed E-state index contributed by atoms with van der Waals surface area (Å²) < 4.78 is 0. The van der Waals surface area contributed by atoms with Gasteiger partial charge in [0.1, 0.15) is 0 Å². The monoisotopic (exact) mass is 292 g/mol. The van der Waals surface area contributed by atoms with Crippen LogP contribution in [-0.4, -0.2) is 18.4 Å². The number of benzene rings is 1. The number of rotatable bonds is 5. The lowest BCUT2D eigenvalue weighted by atomic mass is 10.2. The van der Waals surface area contributed by atoms with E-state index < -0.39 is 0 Å². The van der Waals surface area contributed by atoms with Crippen LogP contribution < -0.4 is 10.6 Å². The third-order valence-electron chi connectivity index (χ3n) is 3.41. The van der Waals surface area contributed by atoms with Crippen LogP contribution in [0.5, 0.6) is 0 Å². The SMILES string of the molecule is C=CCNC(=O)C1CC1C(=O)Nc1cccc(Cl)c1C. The van der Waals surface area contributed by atoms with Crippen molar-refractivity contribution in [1.29, 1.82) is 0 Å². The van der Waals surface area contributed by atoms with Crippen molar-refractivity contribution in [2.24, 2.45) is 11.8 Å². The Morgan fingerprint density at radius 1 is 1.40 bits per heavy atom. The highest BCUT2D eigenvalue weighted by Crippen LogP contribution is 2.39. The van der Waals surface area contributed by atoms with Gasteiger partial charge in [-0.25, -0.2) is 0 Å². The maximum atomic E-state index is 12.1. The van der Waals surface area contributed by atoms with E-state index in [1.165, 1.54) is 0 Å². The van der Waals surface area contributed by atoms with Gasteiger partial charge in [0.2, 0.25) is 11.8 Å².